The lowest BCUT2D eigenvalue weighted by molar-refractivity contribution is 0.619. The lowest BCUT2D eigenvalue weighted by Gasteiger charge is -2.30. The molecular formula is C85H39N15O. The molecule has 18 rings (SSSR count). The molecule has 0 unspecified atom stereocenters. The zero-order chi connectivity index (χ0) is 68.3. The van der Waals surface area contributed by atoms with Crippen LogP contribution in [0, 0.1) is 90.6 Å². The number of hydrogen-bond acceptors (Lipinski definition) is 12. The van der Waals surface area contributed by atoms with E-state index in [1.165, 1.54) is 0 Å². The second-order valence-electron chi connectivity index (χ2n) is 24.4. The lowest BCUT2D eigenvalue weighted by atomic mass is 9.94. The van der Waals surface area contributed by atoms with Crippen molar-refractivity contribution in [2.24, 2.45) is 0 Å². The van der Waals surface area contributed by atoms with Gasteiger partial charge >= 0.3 is 0 Å². The van der Waals surface area contributed by atoms with Gasteiger partial charge in [0.1, 0.15) is 5.52 Å². The molecule has 6 aromatic heterocycles. The summed E-state index contributed by atoms with van der Waals surface area (Å²) >= 11 is 0. The van der Waals surface area contributed by atoms with E-state index in [0.29, 0.717) is 199 Å². The quantitative estimate of drug-likeness (QED) is 0.137. The van der Waals surface area contributed by atoms with E-state index >= 15 is 0 Å². The Hall–Kier alpha value is -15.7. The SMILES string of the molecule is N#Cc1ccc2c(c1)c1cc(C#N)ccc1n2-c1c(-c2cc(-c3ccccc3)nc(-c3ccccc3)n2)c(-n2c3ccc(C#N)cc3c3cc(C#N)ccc32)c(-n2c3ccc(C#N)cc3c3cc(C#N)ccc32)c(-n2c3ccc(C#N)cc3c3cc(C#N)ccc32)c1-c1nc2ccccc2o1. The highest BCUT2D eigenvalue weighted by atomic mass is 16.3. The highest BCUT2D eigenvalue weighted by Crippen LogP contribution is 2.55. The number of para-hydroxylation sites is 2. The summed E-state index contributed by atoms with van der Waals surface area (Å²) in [5.41, 5.74) is 13.2. The summed E-state index contributed by atoms with van der Waals surface area (Å²) in [4.78, 5) is 16.9. The summed E-state index contributed by atoms with van der Waals surface area (Å²) in [5.74, 6) is 0.459. The first kappa shape index (κ1) is 57.9. The molecule has 101 heavy (non-hydrogen) atoms. The Morgan fingerprint density at radius 2 is 0.554 bits per heavy atom. The van der Waals surface area contributed by atoms with Crippen LogP contribution in [0.5, 0.6) is 0 Å². The normalized spacial score (nSPS) is 11.3. The molecule has 6 heterocycles. The van der Waals surface area contributed by atoms with Gasteiger partial charge in [-0.2, -0.15) is 42.1 Å². The van der Waals surface area contributed by atoms with Crippen LogP contribution in [0.3, 0.4) is 0 Å². The van der Waals surface area contributed by atoms with Crippen LogP contribution in [0.4, 0.5) is 0 Å². The van der Waals surface area contributed by atoms with Crippen molar-refractivity contribution in [1.82, 2.24) is 33.2 Å². The van der Waals surface area contributed by atoms with E-state index in [4.69, 9.17) is 19.4 Å². The molecule has 18 aromatic rings. The van der Waals surface area contributed by atoms with Crippen LogP contribution < -0.4 is 0 Å². The van der Waals surface area contributed by atoms with Crippen LogP contribution in [0.25, 0.3) is 166 Å². The van der Waals surface area contributed by atoms with Gasteiger partial charge in [-0.15, -0.1) is 0 Å². The van der Waals surface area contributed by atoms with Crippen molar-refractivity contribution in [3.05, 3.63) is 281 Å². The molecule has 0 bridgehead atoms. The third kappa shape index (κ3) is 8.76. The van der Waals surface area contributed by atoms with Crippen molar-refractivity contribution in [3.8, 4) is 117 Å². The Balaban J connectivity index is 1.25. The largest absolute Gasteiger partial charge is 0.436 e. The molecule has 16 heteroatoms. The number of rotatable bonds is 8. The van der Waals surface area contributed by atoms with Gasteiger partial charge in [-0.05, 0) is 164 Å². The van der Waals surface area contributed by atoms with E-state index in [9.17, 15) is 42.1 Å². The van der Waals surface area contributed by atoms with Crippen LogP contribution >= 0.6 is 0 Å². The van der Waals surface area contributed by atoms with Gasteiger partial charge in [-0.3, -0.25) is 0 Å². The molecule has 0 aliphatic carbocycles. The maximum Gasteiger partial charge on any atom is 0.231 e. The summed E-state index contributed by atoms with van der Waals surface area (Å²) in [6, 6.07) is 91.7. The van der Waals surface area contributed by atoms with E-state index in [-0.39, 0.29) is 5.89 Å². The fourth-order valence-corrected chi connectivity index (χ4v) is 14.7. The van der Waals surface area contributed by atoms with Gasteiger partial charge < -0.3 is 22.7 Å². The number of fused-ring (bicyclic) bond motifs is 13. The first-order chi connectivity index (χ1) is 49.7. The molecule has 0 aliphatic rings. The van der Waals surface area contributed by atoms with Crippen LogP contribution in [-0.4, -0.2) is 33.2 Å². The molecule has 12 aromatic carbocycles. The Labute approximate surface area is 572 Å². The molecule has 0 fully saturated rings. The first-order valence-corrected chi connectivity index (χ1v) is 31.9. The van der Waals surface area contributed by atoms with Crippen molar-refractivity contribution in [2.75, 3.05) is 0 Å². The molecule has 0 radical (unpaired) electrons. The fourth-order valence-electron chi connectivity index (χ4n) is 14.7. The van der Waals surface area contributed by atoms with Gasteiger partial charge in [0.25, 0.3) is 0 Å². The molecule has 0 amide bonds. The molecule has 0 aliphatic heterocycles. The summed E-state index contributed by atoms with van der Waals surface area (Å²) in [5, 5.41) is 91.7. The molecular weight excluding hydrogens is 1250 g/mol. The topological polar surface area (TPSA) is 262 Å². The highest BCUT2D eigenvalue weighted by Gasteiger charge is 2.38. The van der Waals surface area contributed by atoms with Crippen LogP contribution in [0.2, 0.25) is 0 Å². The van der Waals surface area contributed by atoms with Crippen molar-refractivity contribution < 1.29 is 4.42 Å². The minimum absolute atomic E-state index is 0.110. The van der Waals surface area contributed by atoms with Crippen molar-refractivity contribution in [1.29, 1.82) is 42.1 Å². The maximum atomic E-state index is 10.9. The van der Waals surface area contributed by atoms with Crippen LogP contribution in [0.1, 0.15) is 44.5 Å². The third-order valence-electron chi connectivity index (χ3n) is 19.0. The number of aromatic nitrogens is 7. The second kappa shape index (κ2) is 22.5. The van der Waals surface area contributed by atoms with Gasteiger partial charge in [-0.1, -0.05) is 72.8 Å². The summed E-state index contributed by atoms with van der Waals surface area (Å²) in [6.45, 7) is 0. The van der Waals surface area contributed by atoms with E-state index in [2.05, 4.69) is 66.8 Å². The lowest BCUT2D eigenvalue weighted by Crippen LogP contribution is -2.16. The monoisotopic (exact) mass is 1290 g/mol. The van der Waals surface area contributed by atoms with Gasteiger partial charge in [0.2, 0.25) is 5.89 Å². The summed E-state index contributed by atoms with van der Waals surface area (Å²) in [7, 11) is 0. The van der Waals surface area contributed by atoms with Gasteiger partial charge in [0.15, 0.2) is 11.4 Å². The molecule has 0 saturated carbocycles. The number of hydrogen-bond donors (Lipinski definition) is 0. The summed E-state index contributed by atoms with van der Waals surface area (Å²) in [6.07, 6.45) is 0. The average Bonchev–Trinajstić information content (AvgIpc) is 1.58. The van der Waals surface area contributed by atoms with E-state index in [1.807, 2.05) is 188 Å². The number of nitrogens with zero attached hydrogens (tertiary/aromatic N) is 15. The van der Waals surface area contributed by atoms with Crippen molar-refractivity contribution in [2.45, 2.75) is 0 Å². The Bertz CT molecular complexity index is 6750. The standard InChI is InChI=1S/C85H39N15O/c86-40-48-15-23-69-58(31-48)59-32-49(41-87)16-24-70(59)97(69)80-78(68-39-67(56-9-3-1-4-10-56)94-84(95-68)57-11-5-2-6-12-57)81(98-71-25-17-50(42-88)33-60(71)61-34-51(43-89)18-26-72(61)98)83(100-75-29-21-54(46-92)37-64(75)65-38-55(47-93)22-30-76(65)100)82(79(80)85-96-66-13-7-8-14-77(66)101-85)99-73-27-19-52(44-90)35-62(73)63-36-53(45-91)20-28-74(63)99/h1-39H. The van der Waals surface area contributed by atoms with Crippen LogP contribution in [-0.2, 0) is 0 Å². The minimum Gasteiger partial charge on any atom is -0.436 e. The molecule has 16 nitrogen and oxygen atoms in total. The Morgan fingerprint density at radius 3 is 0.901 bits per heavy atom. The number of nitriles is 8. The number of benzene rings is 12. The third-order valence-corrected chi connectivity index (χ3v) is 19.0. The maximum absolute atomic E-state index is 10.9. The fraction of sp³-hybridized carbons (Fsp3) is 0. The second-order valence-corrected chi connectivity index (χ2v) is 24.4. The van der Waals surface area contributed by atoms with E-state index in [0.717, 1.165) is 5.56 Å². The number of oxazole rings is 1. The van der Waals surface area contributed by atoms with Crippen molar-refractivity contribution >= 4 is 98.3 Å². The molecule has 460 valence electrons. The van der Waals surface area contributed by atoms with Crippen LogP contribution in [0.15, 0.2) is 241 Å². The minimum atomic E-state index is 0.110. The molecule has 0 spiro atoms. The molecule has 0 atom stereocenters. The van der Waals surface area contributed by atoms with Gasteiger partial charge in [0, 0.05) is 54.2 Å². The van der Waals surface area contributed by atoms with E-state index < -0.39 is 0 Å². The smallest absolute Gasteiger partial charge is 0.231 e. The van der Waals surface area contributed by atoms with Crippen molar-refractivity contribution in [3.63, 3.8) is 0 Å². The van der Waals surface area contributed by atoms with Gasteiger partial charge in [-0.25, -0.2) is 15.0 Å². The Morgan fingerprint density at radius 1 is 0.257 bits per heavy atom. The highest BCUT2D eigenvalue weighted by molar-refractivity contribution is 6.19. The average molecular weight is 1290 g/mol. The summed E-state index contributed by atoms with van der Waals surface area (Å²) < 4.78 is 15.9. The van der Waals surface area contributed by atoms with E-state index in [1.54, 1.807) is 48.5 Å². The Kier molecular flexibility index (Phi) is 12.9. The molecule has 0 N–H and O–H groups in total. The molecule has 0 saturated heterocycles. The zero-order valence-corrected chi connectivity index (χ0v) is 52.6. The first-order valence-electron chi connectivity index (χ1n) is 31.9. The predicted molar refractivity (Wildman–Crippen MR) is 386 cm³/mol. The van der Waals surface area contributed by atoms with Gasteiger partial charge in [0.05, 0.1) is 182 Å². The predicted octanol–water partition coefficient (Wildman–Crippen LogP) is 18.6. The zero-order valence-electron chi connectivity index (χ0n) is 52.6.